The first kappa shape index (κ1) is 10.8. The lowest BCUT2D eigenvalue weighted by molar-refractivity contribution is -0.131. The van der Waals surface area contributed by atoms with Crippen molar-refractivity contribution in [3.63, 3.8) is 0 Å². The molecule has 0 spiro atoms. The number of aliphatic carboxylic acids is 1. The molecule has 0 unspecified atom stereocenters. The third kappa shape index (κ3) is 2.60. The molecule has 1 aromatic rings. The molecule has 0 bridgehead atoms. The molecule has 0 aromatic heterocycles. The van der Waals surface area contributed by atoms with Gasteiger partial charge in [-0.1, -0.05) is 22.0 Å². The van der Waals surface area contributed by atoms with E-state index in [1.807, 2.05) is 12.1 Å². The largest absolute Gasteiger partial charge is 0.496 e. The molecule has 0 aliphatic rings. The zero-order valence-electron chi connectivity index (χ0n) is 7.53. The summed E-state index contributed by atoms with van der Waals surface area (Å²) >= 11 is 3.31. The summed E-state index contributed by atoms with van der Waals surface area (Å²) in [5.74, 6) is -0.348. The third-order valence-corrected chi connectivity index (χ3v) is 2.32. The molecule has 0 atom stereocenters. The Morgan fingerprint density at radius 3 is 2.86 bits per heavy atom. The minimum absolute atomic E-state index is 0.636. The van der Waals surface area contributed by atoms with Gasteiger partial charge < -0.3 is 9.84 Å². The summed E-state index contributed by atoms with van der Waals surface area (Å²) in [5, 5.41) is 8.49. The van der Waals surface area contributed by atoms with Crippen molar-refractivity contribution in [3.8, 4) is 5.75 Å². The second kappa shape index (κ2) is 4.81. The molecule has 4 heteroatoms. The normalized spacial score (nSPS) is 10.4. The topological polar surface area (TPSA) is 46.5 Å². The van der Waals surface area contributed by atoms with Crippen LogP contribution in [-0.2, 0) is 4.79 Å². The molecule has 0 fully saturated rings. The van der Waals surface area contributed by atoms with Crippen LogP contribution in [0.25, 0.3) is 6.08 Å². The van der Waals surface area contributed by atoms with Crippen LogP contribution in [0.2, 0.25) is 0 Å². The number of methoxy groups -OCH3 is 1. The van der Waals surface area contributed by atoms with Crippen molar-refractivity contribution in [2.75, 3.05) is 7.11 Å². The fourth-order valence-corrected chi connectivity index (χ4v) is 1.49. The SMILES string of the molecule is COc1cccc(Br)c1/C=C/C(=O)O. The van der Waals surface area contributed by atoms with Crippen molar-refractivity contribution in [2.24, 2.45) is 0 Å². The number of carbonyl (C=O) groups is 1. The van der Waals surface area contributed by atoms with E-state index in [2.05, 4.69) is 15.9 Å². The number of carboxylic acids is 1. The van der Waals surface area contributed by atoms with Gasteiger partial charge >= 0.3 is 5.97 Å². The predicted octanol–water partition coefficient (Wildman–Crippen LogP) is 2.56. The summed E-state index contributed by atoms with van der Waals surface area (Å²) in [6, 6.07) is 5.41. The highest BCUT2D eigenvalue weighted by Crippen LogP contribution is 2.27. The van der Waals surface area contributed by atoms with E-state index in [0.717, 1.165) is 16.1 Å². The summed E-state index contributed by atoms with van der Waals surface area (Å²) in [7, 11) is 1.54. The number of carboxylic acid groups (broad SMARTS) is 1. The minimum atomic E-state index is -0.984. The van der Waals surface area contributed by atoms with Crippen molar-refractivity contribution in [1.29, 1.82) is 0 Å². The van der Waals surface area contributed by atoms with Crippen LogP contribution >= 0.6 is 15.9 Å². The van der Waals surface area contributed by atoms with E-state index in [9.17, 15) is 4.79 Å². The van der Waals surface area contributed by atoms with E-state index in [4.69, 9.17) is 9.84 Å². The highest BCUT2D eigenvalue weighted by atomic mass is 79.9. The Morgan fingerprint density at radius 1 is 1.57 bits per heavy atom. The first-order valence-electron chi connectivity index (χ1n) is 3.88. The van der Waals surface area contributed by atoms with Crippen molar-refractivity contribution in [3.05, 3.63) is 34.3 Å². The molecule has 74 valence electrons. The Morgan fingerprint density at radius 2 is 2.29 bits per heavy atom. The number of ether oxygens (including phenoxy) is 1. The molecule has 0 saturated heterocycles. The molecule has 3 nitrogen and oxygen atoms in total. The average Bonchev–Trinajstić information content (AvgIpc) is 2.15. The van der Waals surface area contributed by atoms with E-state index < -0.39 is 5.97 Å². The lowest BCUT2D eigenvalue weighted by Gasteiger charge is -2.05. The van der Waals surface area contributed by atoms with Gasteiger partial charge in [0.25, 0.3) is 0 Å². The van der Waals surface area contributed by atoms with Gasteiger partial charge in [-0.3, -0.25) is 0 Å². The van der Waals surface area contributed by atoms with Crippen LogP contribution in [0.1, 0.15) is 5.56 Å². The molecular formula is C10H9BrO3. The Labute approximate surface area is 90.1 Å². The molecule has 0 amide bonds. The second-order valence-electron chi connectivity index (χ2n) is 2.53. The van der Waals surface area contributed by atoms with E-state index in [-0.39, 0.29) is 0 Å². The van der Waals surface area contributed by atoms with Crippen molar-refractivity contribution in [1.82, 2.24) is 0 Å². The lowest BCUT2D eigenvalue weighted by Crippen LogP contribution is -1.90. The Bertz CT molecular complexity index is 372. The molecular weight excluding hydrogens is 248 g/mol. The number of hydrogen-bond donors (Lipinski definition) is 1. The quantitative estimate of drug-likeness (QED) is 0.846. The first-order valence-corrected chi connectivity index (χ1v) is 4.68. The van der Waals surface area contributed by atoms with Gasteiger partial charge in [0.15, 0.2) is 0 Å². The second-order valence-corrected chi connectivity index (χ2v) is 3.38. The molecule has 0 aliphatic heterocycles. The van der Waals surface area contributed by atoms with Gasteiger partial charge in [-0.15, -0.1) is 0 Å². The van der Waals surface area contributed by atoms with Gasteiger partial charge in [0.2, 0.25) is 0 Å². The maximum Gasteiger partial charge on any atom is 0.328 e. The Kier molecular flexibility index (Phi) is 3.71. The van der Waals surface area contributed by atoms with Gasteiger partial charge in [-0.25, -0.2) is 4.79 Å². The summed E-state index contributed by atoms with van der Waals surface area (Å²) in [5.41, 5.74) is 0.720. The van der Waals surface area contributed by atoms with E-state index in [0.29, 0.717) is 5.75 Å². The van der Waals surface area contributed by atoms with Crippen molar-refractivity contribution < 1.29 is 14.6 Å². The van der Waals surface area contributed by atoms with Crippen LogP contribution in [0, 0.1) is 0 Å². The maximum atomic E-state index is 10.3. The van der Waals surface area contributed by atoms with Gasteiger partial charge in [0.1, 0.15) is 5.75 Å². The molecule has 0 radical (unpaired) electrons. The minimum Gasteiger partial charge on any atom is -0.496 e. The van der Waals surface area contributed by atoms with Crippen LogP contribution in [0.3, 0.4) is 0 Å². The molecule has 14 heavy (non-hydrogen) atoms. The fraction of sp³-hybridized carbons (Fsp3) is 0.100. The molecule has 0 heterocycles. The van der Waals surface area contributed by atoms with Gasteiger partial charge in [-0.05, 0) is 18.2 Å². The van der Waals surface area contributed by atoms with Crippen molar-refractivity contribution >= 4 is 28.0 Å². The fourth-order valence-electron chi connectivity index (χ4n) is 1.01. The van der Waals surface area contributed by atoms with Gasteiger partial charge in [-0.2, -0.15) is 0 Å². The molecule has 1 aromatic carbocycles. The number of benzene rings is 1. The number of hydrogen-bond acceptors (Lipinski definition) is 2. The number of halogens is 1. The zero-order valence-corrected chi connectivity index (χ0v) is 9.11. The Hall–Kier alpha value is -1.29. The molecule has 0 saturated carbocycles. The lowest BCUT2D eigenvalue weighted by atomic mass is 10.2. The Balaban J connectivity index is 3.11. The van der Waals surface area contributed by atoms with Crippen LogP contribution in [-0.4, -0.2) is 18.2 Å². The van der Waals surface area contributed by atoms with E-state index in [1.54, 1.807) is 13.2 Å². The molecule has 0 aliphatic carbocycles. The average molecular weight is 257 g/mol. The zero-order chi connectivity index (χ0) is 10.6. The van der Waals surface area contributed by atoms with Crippen LogP contribution in [0.4, 0.5) is 0 Å². The van der Waals surface area contributed by atoms with Crippen molar-refractivity contribution in [2.45, 2.75) is 0 Å². The molecule has 1 N–H and O–H groups in total. The summed E-state index contributed by atoms with van der Waals surface area (Å²) in [6.07, 6.45) is 2.56. The summed E-state index contributed by atoms with van der Waals surface area (Å²) < 4.78 is 5.88. The van der Waals surface area contributed by atoms with E-state index in [1.165, 1.54) is 6.08 Å². The standard InChI is InChI=1S/C10H9BrO3/c1-14-9-4-2-3-8(11)7(9)5-6-10(12)13/h2-6H,1H3,(H,12,13)/b6-5+. The van der Waals surface area contributed by atoms with Crippen LogP contribution in [0.15, 0.2) is 28.7 Å². The van der Waals surface area contributed by atoms with Gasteiger partial charge in [0.05, 0.1) is 7.11 Å². The van der Waals surface area contributed by atoms with Gasteiger partial charge in [0, 0.05) is 16.1 Å². The predicted molar refractivity (Wildman–Crippen MR) is 57.4 cm³/mol. The molecule has 1 rings (SSSR count). The summed E-state index contributed by atoms with van der Waals surface area (Å²) in [4.78, 5) is 10.3. The van der Waals surface area contributed by atoms with Crippen LogP contribution < -0.4 is 4.74 Å². The first-order chi connectivity index (χ1) is 6.65. The van der Waals surface area contributed by atoms with E-state index >= 15 is 0 Å². The maximum absolute atomic E-state index is 10.3. The monoisotopic (exact) mass is 256 g/mol. The highest BCUT2D eigenvalue weighted by molar-refractivity contribution is 9.10. The summed E-state index contributed by atoms with van der Waals surface area (Å²) in [6.45, 7) is 0. The van der Waals surface area contributed by atoms with Crippen LogP contribution in [0.5, 0.6) is 5.75 Å². The third-order valence-electron chi connectivity index (χ3n) is 1.63. The highest BCUT2D eigenvalue weighted by Gasteiger charge is 2.03. The number of rotatable bonds is 3. The smallest absolute Gasteiger partial charge is 0.328 e.